The molecule has 0 saturated heterocycles. The number of benzene rings is 2. The molecular formula is C21H19Cl2NO5. The average Bonchev–Trinajstić information content (AvgIpc) is 2.72. The lowest BCUT2D eigenvalue weighted by Crippen LogP contribution is -2.19. The lowest BCUT2D eigenvalue weighted by Gasteiger charge is -2.15. The first-order valence-corrected chi connectivity index (χ1v) is 9.19. The van der Waals surface area contributed by atoms with Gasteiger partial charge in [-0.1, -0.05) is 58.5 Å². The van der Waals surface area contributed by atoms with Crippen LogP contribution in [0.5, 0.6) is 11.5 Å². The second-order valence-corrected chi connectivity index (χ2v) is 6.52. The van der Waals surface area contributed by atoms with Gasteiger partial charge < -0.3 is 19.0 Å². The molecule has 152 valence electrons. The minimum atomic E-state index is -0.630. The number of terminal acetylenes is 1. The number of methoxy groups -OCH3 is 1. The lowest BCUT2D eigenvalue weighted by atomic mass is 10.0. The number of rotatable bonds is 8. The summed E-state index contributed by atoms with van der Waals surface area (Å²) in [5.41, 5.74) is 1.22. The summed E-state index contributed by atoms with van der Waals surface area (Å²) in [5, 5.41) is 4.29. The van der Waals surface area contributed by atoms with Crippen LogP contribution in [-0.4, -0.2) is 32.0 Å². The summed E-state index contributed by atoms with van der Waals surface area (Å²) in [6.07, 6.45) is 4.83. The highest BCUT2D eigenvalue weighted by molar-refractivity contribution is 6.43. The van der Waals surface area contributed by atoms with Crippen molar-refractivity contribution in [1.82, 2.24) is 0 Å². The molecule has 0 aliphatic carbocycles. The fourth-order valence-electron chi connectivity index (χ4n) is 2.37. The normalized spacial score (nSPS) is 11.9. The molecule has 0 saturated carbocycles. The predicted molar refractivity (Wildman–Crippen MR) is 112 cm³/mol. The van der Waals surface area contributed by atoms with Gasteiger partial charge in [-0.2, -0.15) is 0 Å². The molecule has 0 spiro atoms. The first-order valence-electron chi connectivity index (χ1n) is 8.43. The Morgan fingerprint density at radius 2 is 1.86 bits per heavy atom. The van der Waals surface area contributed by atoms with Crippen molar-refractivity contribution in [2.24, 2.45) is 5.16 Å². The van der Waals surface area contributed by atoms with Crippen LogP contribution in [0.2, 0.25) is 10.0 Å². The highest BCUT2D eigenvalue weighted by atomic mass is 35.5. The zero-order valence-electron chi connectivity index (χ0n) is 16.1. The minimum absolute atomic E-state index is 0.0253. The van der Waals surface area contributed by atoms with Gasteiger partial charge in [0.25, 0.3) is 0 Å². The zero-order chi connectivity index (χ0) is 21.4. The number of hydrogen-bond acceptors (Lipinski definition) is 6. The van der Waals surface area contributed by atoms with Gasteiger partial charge in [-0.3, -0.25) is 0 Å². The molecule has 6 nitrogen and oxygen atoms in total. The van der Waals surface area contributed by atoms with Crippen LogP contribution in [0, 0.1) is 12.3 Å². The molecule has 0 N–H and O–H groups in total. The second kappa shape index (κ2) is 10.6. The molecule has 2 aromatic rings. The fraction of sp³-hybridized carbons (Fsp3) is 0.238. The van der Waals surface area contributed by atoms with Gasteiger partial charge in [0.2, 0.25) is 0 Å². The summed E-state index contributed by atoms with van der Waals surface area (Å²) >= 11 is 12.5. The lowest BCUT2D eigenvalue weighted by molar-refractivity contribution is -0.132. The van der Waals surface area contributed by atoms with Crippen LogP contribution in [0.15, 0.2) is 41.6 Å². The van der Waals surface area contributed by atoms with Crippen molar-refractivity contribution in [2.75, 3.05) is 14.2 Å². The Balaban J connectivity index is 2.26. The van der Waals surface area contributed by atoms with Crippen molar-refractivity contribution in [2.45, 2.75) is 19.6 Å². The van der Waals surface area contributed by atoms with E-state index < -0.39 is 12.1 Å². The first kappa shape index (κ1) is 22.4. The Kier molecular flexibility index (Phi) is 8.20. The van der Waals surface area contributed by atoms with Gasteiger partial charge in [0, 0.05) is 17.7 Å². The topological polar surface area (TPSA) is 66.3 Å². The van der Waals surface area contributed by atoms with Crippen molar-refractivity contribution in [3.8, 4) is 23.8 Å². The molecule has 0 aliphatic rings. The summed E-state index contributed by atoms with van der Waals surface area (Å²) in [7, 11) is 2.61. The van der Waals surface area contributed by atoms with E-state index >= 15 is 0 Å². The van der Waals surface area contributed by atoms with E-state index in [1.165, 1.54) is 14.2 Å². The van der Waals surface area contributed by atoms with Crippen molar-refractivity contribution in [1.29, 1.82) is 0 Å². The molecular weight excluding hydrogens is 417 g/mol. The summed E-state index contributed by atoms with van der Waals surface area (Å²) in [5.74, 6) is 2.51. The highest BCUT2D eigenvalue weighted by Gasteiger charge is 2.19. The fourth-order valence-corrected chi connectivity index (χ4v) is 2.92. The molecule has 0 bridgehead atoms. The van der Waals surface area contributed by atoms with Crippen LogP contribution >= 0.6 is 23.2 Å². The van der Waals surface area contributed by atoms with Gasteiger partial charge in [0.05, 0.1) is 17.2 Å². The third kappa shape index (κ3) is 5.80. The molecule has 0 aliphatic heterocycles. The molecule has 0 aromatic heterocycles. The molecule has 0 radical (unpaired) electrons. The minimum Gasteiger partial charge on any atom is -0.489 e. The number of carbonyl (C=O) groups is 1. The molecule has 0 fully saturated rings. The standard InChI is InChI=1S/C21H19Cl2NO5/c1-5-13(2)29-20-17(22)10-15(11-18(20)23)28-12-14-8-6-7-9-16(14)19(24-27-4)21(25)26-3/h1,6-11,13H,12H2,2-4H3/b24-19+. The van der Waals surface area contributed by atoms with Crippen molar-refractivity contribution >= 4 is 34.9 Å². The van der Waals surface area contributed by atoms with E-state index in [0.717, 1.165) is 0 Å². The first-order chi connectivity index (χ1) is 13.9. The Morgan fingerprint density at radius 1 is 1.21 bits per heavy atom. The number of esters is 1. The molecule has 1 unspecified atom stereocenters. The third-order valence-corrected chi connectivity index (χ3v) is 4.29. The quantitative estimate of drug-likeness (QED) is 0.264. The average molecular weight is 436 g/mol. The van der Waals surface area contributed by atoms with Gasteiger partial charge >= 0.3 is 5.97 Å². The van der Waals surface area contributed by atoms with E-state index in [1.54, 1.807) is 37.3 Å². The molecule has 1 atom stereocenters. The van der Waals surface area contributed by atoms with Gasteiger partial charge in [0.1, 0.15) is 19.5 Å². The molecule has 0 amide bonds. The van der Waals surface area contributed by atoms with Crippen molar-refractivity contribution in [3.63, 3.8) is 0 Å². The maximum Gasteiger partial charge on any atom is 0.360 e. The Morgan fingerprint density at radius 3 is 2.45 bits per heavy atom. The number of ether oxygens (including phenoxy) is 3. The van der Waals surface area contributed by atoms with E-state index in [-0.39, 0.29) is 28.1 Å². The SMILES string of the molecule is C#CC(C)Oc1c(Cl)cc(OCc2ccccc2/C(=N\OC)C(=O)OC)cc1Cl. The van der Waals surface area contributed by atoms with Crippen LogP contribution in [-0.2, 0) is 21.0 Å². The van der Waals surface area contributed by atoms with Crippen LogP contribution < -0.4 is 9.47 Å². The molecule has 29 heavy (non-hydrogen) atoms. The largest absolute Gasteiger partial charge is 0.489 e. The number of halogens is 2. The Bertz CT molecular complexity index is 929. The smallest absolute Gasteiger partial charge is 0.360 e. The number of oxime groups is 1. The number of hydrogen-bond donors (Lipinski definition) is 0. The zero-order valence-corrected chi connectivity index (χ0v) is 17.6. The van der Waals surface area contributed by atoms with Crippen LogP contribution in [0.4, 0.5) is 0 Å². The Hall–Kier alpha value is -2.88. The molecule has 2 rings (SSSR count). The van der Waals surface area contributed by atoms with Gasteiger partial charge in [-0.25, -0.2) is 4.79 Å². The highest BCUT2D eigenvalue weighted by Crippen LogP contribution is 2.37. The van der Waals surface area contributed by atoms with E-state index in [4.69, 9.17) is 48.7 Å². The van der Waals surface area contributed by atoms with Crippen LogP contribution in [0.1, 0.15) is 18.1 Å². The summed E-state index contributed by atoms with van der Waals surface area (Å²) in [6, 6.07) is 10.2. The van der Waals surface area contributed by atoms with E-state index in [2.05, 4.69) is 11.1 Å². The number of nitrogens with zero attached hydrogens (tertiary/aromatic N) is 1. The van der Waals surface area contributed by atoms with Crippen molar-refractivity contribution < 1.29 is 23.8 Å². The van der Waals surface area contributed by atoms with Crippen molar-refractivity contribution in [3.05, 3.63) is 57.6 Å². The number of carbonyl (C=O) groups excluding carboxylic acids is 1. The van der Waals surface area contributed by atoms with Crippen LogP contribution in [0.3, 0.4) is 0 Å². The van der Waals surface area contributed by atoms with Crippen LogP contribution in [0.25, 0.3) is 0 Å². The van der Waals surface area contributed by atoms with Gasteiger partial charge in [-0.15, -0.1) is 6.42 Å². The van der Waals surface area contributed by atoms with Gasteiger partial charge in [-0.05, 0) is 12.5 Å². The Labute approximate surface area is 179 Å². The second-order valence-electron chi connectivity index (χ2n) is 5.70. The maximum absolute atomic E-state index is 12.0. The predicted octanol–water partition coefficient (Wildman–Crippen LogP) is 4.50. The monoisotopic (exact) mass is 435 g/mol. The summed E-state index contributed by atoms with van der Waals surface area (Å²) in [6.45, 7) is 1.82. The van der Waals surface area contributed by atoms with Gasteiger partial charge in [0.15, 0.2) is 17.6 Å². The van der Waals surface area contributed by atoms with E-state index in [0.29, 0.717) is 16.9 Å². The third-order valence-electron chi connectivity index (χ3n) is 3.73. The summed E-state index contributed by atoms with van der Waals surface area (Å²) in [4.78, 5) is 16.8. The molecule has 8 heteroatoms. The molecule has 2 aromatic carbocycles. The maximum atomic E-state index is 12.0. The van der Waals surface area contributed by atoms with E-state index in [1.807, 2.05) is 6.07 Å². The van der Waals surface area contributed by atoms with E-state index in [9.17, 15) is 4.79 Å². The molecule has 0 heterocycles. The summed E-state index contributed by atoms with van der Waals surface area (Å²) < 4.78 is 16.1.